The molecule has 0 aromatic carbocycles. The number of amides is 1. The molecule has 0 aliphatic rings. The number of thiophene rings is 1. The number of aryl methyl sites for hydroxylation is 1. The number of H-pyrrole nitrogens is 1. The van der Waals surface area contributed by atoms with Crippen LogP contribution in [0.5, 0.6) is 0 Å². The van der Waals surface area contributed by atoms with Gasteiger partial charge in [-0.05, 0) is 61.3 Å². The third-order valence-electron chi connectivity index (χ3n) is 4.86. The van der Waals surface area contributed by atoms with Crippen LogP contribution in [0, 0.1) is 6.92 Å². The number of carbonyl (C=O) groups is 2. The van der Waals surface area contributed by atoms with Crippen LogP contribution >= 0.6 is 11.3 Å². The van der Waals surface area contributed by atoms with E-state index in [1.165, 1.54) is 5.56 Å². The van der Waals surface area contributed by atoms with Crippen molar-refractivity contribution >= 4 is 23.0 Å². The van der Waals surface area contributed by atoms with Gasteiger partial charge in [0.15, 0.2) is 5.78 Å². The van der Waals surface area contributed by atoms with E-state index in [4.69, 9.17) is 0 Å². The number of hydrogen-bond acceptors (Lipinski definition) is 4. The van der Waals surface area contributed by atoms with E-state index >= 15 is 0 Å². The number of rotatable bonds is 9. The van der Waals surface area contributed by atoms with Gasteiger partial charge in [-0.2, -0.15) is 11.3 Å². The van der Waals surface area contributed by atoms with Crippen molar-refractivity contribution in [1.29, 1.82) is 0 Å². The first-order valence-electron chi connectivity index (χ1n) is 9.21. The van der Waals surface area contributed by atoms with E-state index in [-0.39, 0.29) is 17.7 Å². The third-order valence-corrected chi connectivity index (χ3v) is 5.56. The fraction of sp³-hybridized carbons (Fsp3) is 0.500. The van der Waals surface area contributed by atoms with Crippen LogP contribution < -0.4 is 5.32 Å². The molecule has 2 aromatic rings. The Hall–Kier alpha value is -1.92. The number of carbonyl (C=O) groups excluding carboxylic acids is 2. The first kappa shape index (κ1) is 20.4. The van der Waals surface area contributed by atoms with E-state index in [2.05, 4.69) is 45.9 Å². The molecule has 1 unspecified atom stereocenters. The SMILES string of the molecule is CCc1c(C(=O)NCC(c2ccsc2)N(CC)CC)[nH]c(C)c1C(C)=O. The van der Waals surface area contributed by atoms with Crippen molar-refractivity contribution in [3.05, 3.63) is 44.9 Å². The number of aromatic amines is 1. The van der Waals surface area contributed by atoms with E-state index in [1.807, 2.05) is 13.8 Å². The van der Waals surface area contributed by atoms with Gasteiger partial charge in [0, 0.05) is 17.8 Å². The maximum atomic E-state index is 12.8. The molecule has 142 valence electrons. The second-order valence-corrected chi connectivity index (χ2v) is 7.17. The Labute approximate surface area is 159 Å². The molecule has 0 spiro atoms. The zero-order valence-electron chi connectivity index (χ0n) is 16.3. The highest BCUT2D eigenvalue weighted by molar-refractivity contribution is 7.07. The van der Waals surface area contributed by atoms with E-state index in [9.17, 15) is 9.59 Å². The summed E-state index contributed by atoms with van der Waals surface area (Å²) in [5.74, 6) is -0.154. The molecule has 1 amide bonds. The molecule has 5 nitrogen and oxygen atoms in total. The molecule has 0 fully saturated rings. The maximum Gasteiger partial charge on any atom is 0.268 e. The molecule has 0 saturated carbocycles. The van der Waals surface area contributed by atoms with Crippen LogP contribution in [-0.4, -0.2) is 41.2 Å². The maximum absolute atomic E-state index is 12.8. The van der Waals surface area contributed by atoms with Crippen LogP contribution in [0.2, 0.25) is 0 Å². The summed E-state index contributed by atoms with van der Waals surface area (Å²) in [5, 5.41) is 7.28. The minimum absolute atomic E-state index is 0.00561. The highest BCUT2D eigenvalue weighted by Gasteiger charge is 2.24. The van der Waals surface area contributed by atoms with Gasteiger partial charge in [0.1, 0.15) is 5.69 Å². The van der Waals surface area contributed by atoms with Gasteiger partial charge in [-0.3, -0.25) is 14.5 Å². The molecule has 2 heterocycles. The summed E-state index contributed by atoms with van der Waals surface area (Å²) in [4.78, 5) is 30.2. The molecule has 0 aliphatic heterocycles. The molecule has 0 radical (unpaired) electrons. The van der Waals surface area contributed by atoms with Crippen LogP contribution in [-0.2, 0) is 6.42 Å². The lowest BCUT2D eigenvalue weighted by molar-refractivity contribution is 0.0929. The quantitative estimate of drug-likeness (QED) is 0.652. The first-order valence-corrected chi connectivity index (χ1v) is 10.1. The Morgan fingerprint density at radius 2 is 1.96 bits per heavy atom. The van der Waals surface area contributed by atoms with E-state index in [1.54, 1.807) is 18.3 Å². The molecule has 0 aliphatic carbocycles. The van der Waals surface area contributed by atoms with Crippen molar-refractivity contribution in [3.63, 3.8) is 0 Å². The van der Waals surface area contributed by atoms with Crippen LogP contribution in [0.3, 0.4) is 0 Å². The van der Waals surface area contributed by atoms with Crippen molar-refractivity contribution < 1.29 is 9.59 Å². The monoisotopic (exact) mass is 375 g/mol. The Morgan fingerprint density at radius 1 is 1.27 bits per heavy atom. The van der Waals surface area contributed by atoms with Crippen molar-refractivity contribution in [2.75, 3.05) is 19.6 Å². The van der Waals surface area contributed by atoms with E-state index in [0.717, 1.165) is 24.3 Å². The van der Waals surface area contributed by atoms with Gasteiger partial charge in [0.25, 0.3) is 5.91 Å². The summed E-state index contributed by atoms with van der Waals surface area (Å²) in [6.07, 6.45) is 0.645. The molecule has 6 heteroatoms. The fourth-order valence-electron chi connectivity index (χ4n) is 3.57. The molecule has 2 rings (SSSR count). The topological polar surface area (TPSA) is 65.2 Å². The summed E-state index contributed by atoms with van der Waals surface area (Å²) in [6, 6.07) is 2.26. The van der Waals surface area contributed by atoms with Crippen molar-refractivity contribution in [2.24, 2.45) is 0 Å². The largest absolute Gasteiger partial charge is 0.354 e. The number of aromatic nitrogens is 1. The summed E-state index contributed by atoms with van der Waals surface area (Å²) in [5.41, 5.74) is 3.96. The Balaban J connectivity index is 2.21. The Bertz CT molecular complexity index is 745. The number of hydrogen-bond donors (Lipinski definition) is 2. The minimum atomic E-state index is -0.148. The van der Waals surface area contributed by atoms with Crippen LogP contribution in [0.4, 0.5) is 0 Å². The van der Waals surface area contributed by atoms with Crippen LogP contribution in [0.15, 0.2) is 16.8 Å². The molecule has 2 aromatic heterocycles. The molecule has 1 atom stereocenters. The van der Waals surface area contributed by atoms with E-state index < -0.39 is 0 Å². The average molecular weight is 376 g/mol. The highest BCUT2D eigenvalue weighted by atomic mass is 32.1. The number of nitrogens with zero attached hydrogens (tertiary/aromatic N) is 1. The van der Waals surface area contributed by atoms with Crippen molar-refractivity contribution in [3.8, 4) is 0 Å². The third kappa shape index (κ3) is 4.24. The molecular formula is C20H29N3O2S. The van der Waals surface area contributed by atoms with Gasteiger partial charge in [0.2, 0.25) is 0 Å². The predicted octanol–water partition coefficient (Wildman–Crippen LogP) is 3.96. The first-order chi connectivity index (χ1) is 12.4. The number of nitrogens with one attached hydrogen (secondary N) is 2. The second-order valence-electron chi connectivity index (χ2n) is 6.39. The van der Waals surface area contributed by atoms with Gasteiger partial charge >= 0.3 is 0 Å². The molecule has 26 heavy (non-hydrogen) atoms. The second kappa shape index (κ2) is 9.14. The summed E-state index contributed by atoms with van der Waals surface area (Å²) in [7, 11) is 0. The number of ketones is 1. The van der Waals surface area contributed by atoms with Crippen LogP contribution in [0.1, 0.15) is 71.4 Å². The van der Waals surface area contributed by atoms with Gasteiger partial charge in [-0.1, -0.05) is 20.8 Å². The predicted molar refractivity (Wildman–Crippen MR) is 107 cm³/mol. The molecule has 2 N–H and O–H groups in total. The van der Waals surface area contributed by atoms with Gasteiger partial charge in [-0.15, -0.1) is 0 Å². The highest BCUT2D eigenvalue weighted by Crippen LogP contribution is 2.23. The summed E-state index contributed by atoms with van der Waals surface area (Å²) >= 11 is 1.67. The zero-order valence-corrected chi connectivity index (χ0v) is 17.1. The fourth-order valence-corrected chi connectivity index (χ4v) is 4.27. The van der Waals surface area contributed by atoms with Crippen LogP contribution in [0.25, 0.3) is 0 Å². The van der Waals surface area contributed by atoms with Gasteiger partial charge in [-0.25, -0.2) is 0 Å². The number of likely N-dealkylation sites (N-methyl/N-ethyl adjacent to an activating group) is 1. The smallest absolute Gasteiger partial charge is 0.268 e. The lowest BCUT2D eigenvalue weighted by atomic mass is 10.0. The molecule has 0 saturated heterocycles. The molecule has 0 bridgehead atoms. The standard InChI is InChI=1S/C20H29N3O2S/c1-6-16-18(14(5)24)13(4)22-19(16)20(25)21-11-17(23(7-2)8-3)15-9-10-26-12-15/h9-10,12,17,22H,6-8,11H2,1-5H3,(H,21,25). The van der Waals surface area contributed by atoms with Crippen molar-refractivity contribution in [1.82, 2.24) is 15.2 Å². The average Bonchev–Trinajstić information content (AvgIpc) is 3.25. The summed E-state index contributed by atoms with van der Waals surface area (Å²) < 4.78 is 0. The zero-order chi connectivity index (χ0) is 19.3. The normalized spacial score (nSPS) is 12.4. The lowest BCUT2D eigenvalue weighted by Crippen LogP contribution is -2.38. The summed E-state index contributed by atoms with van der Waals surface area (Å²) in [6.45, 7) is 12.0. The Morgan fingerprint density at radius 3 is 2.46 bits per heavy atom. The lowest BCUT2D eigenvalue weighted by Gasteiger charge is -2.29. The van der Waals surface area contributed by atoms with E-state index in [0.29, 0.717) is 24.2 Å². The van der Waals surface area contributed by atoms with Gasteiger partial charge in [0.05, 0.1) is 6.04 Å². The minimum Gasteiger partial charge on any atom is -0.354 e. The number of Topliss-reactive ketones (excluding diaryl/α,β-unsaturated/α-hetero) is 1. The van der Waals surface area contributed by atoms with Gasteiger partial charge < -0.3 is 10.3 Å². The van der Waals surface area contributed by atoms with Crippen molar-refractivity contribution in [2.45, 2.75) is 47.1 Å². The Kier molecular flexibility index (Phi) is 7.17. The molecular weight excluding hydrogens is 346 g/mol.